The van der Waals surface area contributed by atoms with Gasteiger partial charge in [-0.2, -0.15) is 13.2 Å². The minimum atomic E-state index is -4.58. The number of hydrogen-bond acceptors (Lipinski definition) is 3. The van der Waals surface area contributed by atoms with E-state index in [2.05, 4.69) is 0 Å². The number of aliphatic hydroxyl groups is 1. The summed E-state index contributed by atoms with van der Waals surface area (Å²) in [4.78, 5) is 13.8. The summed E-state index contributed by atoms with van der Waals surface area (Å²) in [6, 6.07) is 3.22. The predicted octanol–water partition coefficient (Wildman–Crippen LogP) is 2.13. The summed E-state index contributed by atoms with van der Waals surface area (Å²) in [5.41, 5.74) is 3.93. The highest BCUT2D eigenvalue weighted by Crippen LogP contribution is 2.34. The number of carbonyl (C=O) groups excluding carboxylic acids is 1. The van der Waals surface area contributed by atoms with Crippen LogP contribution in [-0.2, 0) is 6.18 Å². The Morgan fingerprint density at radius 1 is 1.43 bits per heavy atom. The third-order valence-electron chi connectivity index (χ3n) is 3.72. The number of anilines is 1. The summed E-state index contributed by atoms with van der Waals surface area (Å²) in [6.45, 7) is 1.01. The molecule has 1 aromatic rings. The second kappa shape index (κ2) is 5.93. The van der Waals surface area contributed by atoms with E-state index in [4.69, 9.17) is 10.8 Å². The lowest BCUT2D eigenvalue weighted by atomic mass is 10.1. The molecule has 2 rings (SSSR count). The molecule has 1 aliphatic heterocycles. The molecule has 21 heavy (non-hydrogen) atoms. The van der Waals surface area contributed by atoms with Crippen LogP contribution in [-0.4, -0.2) is 35.6 Å². The smallest absolute Gasteiger partial charge is 0.398 e. The molecule has 0 spiro atoms. The summed E-state index contributed by atoms with van der Waals surface area (Å²) in [7, 11) is 0. The van der Waals surface area contributed by atoms with E-state index in [1.807, 2.05) is 0 Å². The number of amides is 1. The number of nitrogen functional groups attached to an aromatic ring is 1. The summed E-state index contributed by atoms with van der Waals surface area (Å²) in [5.74, 6) is -0.226. The van der Waals surface area contributed by atoms with Gasteiger partial charge in [-0.3, -0.25) is 4.79 Å². The van der Waals surface area contributed by atoms with E-state index < -0.39 is 23.3 Å². The summed E-state index contributed by atoms with van der Waals surface area (Å²) >= 11 is 0. The Labute approximate surface area is 120 Å². The van der Waals surface area contributed by atoms with Crippen molar-refractivity contribution in [1.82, 2.24) is 4.90 Å². The van der Waals surface area contributed by atoms with E-state index in [0.717, 1.165) is 18.6 Å². The van der Waals surface area contributed by atoms with Crippen LogP contribution in [0.2, 0.25) is 0 Å². The fourth-order valence-corrected chi connectivity index (χ4v) is 2.55. The Morgan fingerprint density at radius 3 is 2.76 bits per heavy atom. The van der Waals surface area contributed by atoms with Crippen LogP contribution in [0.1, 0.15) is 28.8 Å². The van der Waals surface area contributed by atoms with Gasteiger partial charge < -0.3 is 15.7 Å². The van der Waals surface area contributed by atoms with Crippen molar-refractivity contribution in [2.45, 2.75) is 19.0 Å². The number of halogens is 3. The minimum Gasteiger partial charge on any atom is -0.398 e. The van der Waals surface area contributed by atoms with Crippen LogP contribution in [0.15, 0.2) is 18.2 Å². The number of likely N-dealkylation sites (tertiary alicyclic amines) is 1. The highest BCUT2D eigenvalue weighted by Gasteiger charge is 2.34. The predicted molar refractivity (Wildman–Crippen MR) is 71.6 cm³/mol. The van der Waals surface area contributed by atoms with Crippen molar-refractivity contribution < 1.29 is 23.1 Å². The van der Waals surface area contributed by atoms with Crippen molar-refractivity contribution >= 4 is 11.6 Å². The SMILES string of the molecule is Nc1ccc(C(=O)N2CCC(CCO)C2)cc1C(F)(F)F. The standard InChI is InChI=1S/C14H17F3N2O2/c15-14(16,17)11-7-10(1-2-12(11)18)13(21)19-5-3-9(8-19)4-6-20/h1-2,7,9,20H,3-6,8,18H2. The van der Waals surface area contributed by atoms with Crippen molar-refractivity contribution in [3.8, 4) is 0 Å². The maximum absolute atomic E-state index is 12.8. The first-order chi connectivity index (χ1) is 9.82. The maximum Gasteiger partial charge on any atom is 0.418 e. The number of hydrogen-bond donors (Lipinski definition) is 2. The highest BCUT2D eigenvalue weighted by molar-refractivity contribution is 5.95. The van der Waals surface area contributed by atoms with Crippen LogP contribution >= 0.6 is 0 Å². The molecule has 0 radical (unpaired) electrons. The molecule has 1 fully saturated rings. The van der Waals surface area contributed by atoms with Crippen molar-refractivity contribution in [2.24, 2.45) is 5.92 Å². The first-order valence-electron chi connectivity index (χ1n) is 6.69. The molecule has 1 heterocycles. The van der Waals surface area contributed by atoms with E-state index in [0.29, 0.717) is 19.5 Å². The Hall–Kier alpha value is -1.76. The number of benzene rings is 1. The fourth-order valence-electron chi connectivity index (χ4n) is 2.55. The van der Waals surface area contributed by atoms with Gasteiger partial charge in [0.1, 0.15) is 0 Å². The molecule has 3 N–H and O–H groups in total. The van der Waals surface area contributed by atoms with Gasteiger partial charge in [0, 0.05) is 30.9 Å². The number of nitrogens with two attached hydrogens (primary N) is 1. The average Bonchev–Trinajstić information content (AvgIpc) is 2.86. The minimum absolute atomic E-state index is 0.0128. The molecule has 1 unspecified atom stereocenters. The zero-order chi connectivity index (χ0) is 15.6. The Kier molecular flexibility index (Phi) is 4.41. The van der Waals surface area contributed by atoms with Crippen LogP contribution in [0.5, 0.6) is 0 Å². The van der Waals surface area contributed by atoms with Crippen molar-refractivity contribution in [1.29, 1.82) is 0 Å². The van der Waals surface area contributed by atoms with Gasteiger partial charge in [-0.1, -0.05) is 0 Å². The molecule has 0 aliphatic carbocycles. The zero-order valence-corrected chi connectivity index (χ0v) is 11.4. The molecule has 1 atom stereocenters. The summed E-state index contributed by atoms with van der Waals surface area (Å²) in [6.07, 6.45) is -3.22. The molecular formula is C14H17F3N2O2. The molecule has 4 nitrogen and oxygen atoms in total. The third kappa shape index (κ3) is 3.47. The molecule has 1 aromatic carbocycles. The topological polar surface area (TPSA) is 66.6 Å². The third-order valence-corrected chi connectivity index (χ3v) is 3.72. The molecule has 0 aromatic heterocycles. The number of nitrogens with zero attached hydrogens (tertiary/aromatic N) is 1. The second-order valence-electron chi connectivity index (χ2n) is 5.22. The summed E-state index contributed by atoms with van der Waals surface area (Å²) < 4.78 is 38.4. The van der Waals surface area contributed by atoms with Gasteiger partial charge in [-0.15, -0.1) is 0 Å². The van der Waals surface area contributed by atoms with Crippen molar-refractivity contribution in [3.63, 3.8) is 0 Å². The van der Waals surface area contributed by atoms with Crippen LogP contribution in [0.4, 0.5) is 18.9 Å². The lowest BCUT2D eigenvalue weighted by molar-refractivity contribution is -0.136. The largest absolute Gasteiger partial charge is 0.418 e. The van der Waals surface area contributed by atoms with E-state index in [1.165, 1.54) is 11.0 Å². The van der Waals surface area contributed by atoms with Crippen LogP contribution in [0.3, 0.4) is 0 Å². The van der Waals surface area contributed by atoms with Gasteiger partial charge in [-0.25, -0.2) is 0 Å². The number of aliphatic hydroxyl groups excluding tert-OH is 1. The van der Waals surface area contributed by atoms with Crippen LogP contribution in [0, 0.1) is 5.92 Å². The molecule has 7 heteroatoms. The number of rotatable bonds is 3. The van der Waals surface area contributed by atoms with Gasteiger partial charge in [-0.05, 0) is 37.0 Å². The first kappa shape index (κ1) is 15.6. The Morgan fingerprint density at radius 2 is 2.14 bits per heavy atom. The van der Waals surface area contributed by atoms with E-state index in [1.54, 1.807) is 0 Å². The van der Waals surface area contributed by atoms with Gasteiger partial charge >= 0.3 is 6.18 Å². The highest BCUT2D eigenvalue weighted by atomic mass is 19.4. The van der Waals surface area contributed by atoms with E-state index >= 15 is 0 Å². The number of carbonyl (C=O) groups is 1. The molecule has 0 bridgehead atoms. The average molecular weight is 302 g/mol. The van der Waals surface area contributed by atoms with Crippen molar-refractivity contribution in [2.75, 3.05) is 25.4 Å². The Bertz CT molecular complexity index is 531. The quantitative estimate of drug-likeness (QED) is 0.841. The number of alkyl halides is 3. The normalized spacial score (nSPS) is 19.0. The van der Waals surface area contributed by atoms with Gasteiger partial charge in [0.25, 0.3) is 5.91 Å². The first-order valence-corrected chi connectivity index (χ1v) is 6.69. The van der Waals surface area contributed by atoms with Crippen LogP contribution < -0.4 is 5.73 Å². The zero-order valence-electron chi connectivity index (χ0n) is 11.4. The molecule has 1 amide bonds. The van der Waals surface area contributed by atoms with E-state index in [9.17, 15) is 18.0 Å². The monoisotopic (exact) mass is 302 g/mol. The molecule has 1 saturated heterocycles. The second-order valence-corrected chi connectivity index (χ2v) is 5.22. The molecule has 1 aliphatic rings. The Balaban J connectivity index is 2.17. The van der Waals surface area contributed by atoms with E-state index in [-0.39, 0.29) is 18.1 Å². The molecule has 0 saturated carbocycles. The lowest BCUT2D eigenvalue weighted by Gasteiger charge is -2.18. The molecular weight excluding hydrogens is 285 g/mol. The van der Waals surface area contributed by atoms with Gasteiger partial charge in [0.15, 0.2) is 0 Å². The van der Waals surface area contributed by atoms with Gasteiger partial charge in [0.2, 0.25) is 0 Å². The van der Waals surface area contributed by atoms with Crippen molar-refractivity contribution in [3.05, 3.63) is 29.3 Å². The molecule has 116 valence electrons. The van der Waals surface area contributed by atoms with Crippen LogP contribution in [0.25, 0.3) is 0 Å². The fraction of sp³-hybridized carbons (Fsp3) is 0.500. The maximum atomic E-state index is 12.8. The van der Waals surface area contributed by atoms with Gasteiger partial charge in [0.05, 0.1) is 5.56 Å². The summed E-state index contributed by atoms with van der Waals surface area (Å²) in [5, 5.41) is 8.88. The lowest BCUT2D eigenvalue weighted by Crippen LogP contribution is -2.29.